The van der Waals surface area contributed by atoms with Crippen molar-refractivity contribution >= 4 is 12.0 Å². The van der Waals surface area contributed by atoms with Gasteiger partial charge in [0, 0.05) is 12.1 Å². The predicted octanol–water partition coefficient (Wildman–Crippen LogP) is 3.88. The second kappa shape index (κ2) is 6.55. The number of rotatable bonds is 4. The van der Waals surface area contributed by atoms with Crippen LogP contribution >= 0.6 is 0 Å². The van der Waals surface area contributed by atoms with Gasteiger partial charge in [0.25, 0.3) is 0 Å². The fourth-order valence-electron chi connectivity index (χ4n) is 2.48. The van der Waals surface area contributed by atoms with E-state index in [1.807, 2.05) is 6.08 Å². The minimum Gasteiger partial charge on any atom is -0.350 e. The van der Waals surface area contributed by atoms with Gasteiger partial charge in [-0.25, -0.2) is 0 Å². The van der Waals surface area contributed by atoms with Gasteiger partial charge in [-0.1, -0.05) is 51.0 Å². The van der Waals surface area contributed by atoms with Gasteiger partial charge in [-0.2, -0.15) is 0 Å². The fraction of sp³-hybridized carbons (Fsp3) is 0.471. The summed E-state index contributed by atoms with van der Waals surface area (Å²) >= 11 is 0. The van der Waals surface area contributed by atoms with Gasteiger partial charge >= 0.3 is 0 Å². The molecule has 1 aliphatic carbocycles. The molecule has 19 heavy (non-hydrogen) atoms. The minimum absolute atomic E-state index is 0.0276. The molecule has 2 heteroatoms. The van der Waals surface area contributed by atoms with E-state index in [1.54, 1.807) is 6.08 Å². The number of hydrogen-bond donors (Lipinski definition) is 1. The van der Waals surface area contributed by atoms with Gasteiger partial charge < -0.3 is 5.32 Å². The van der Waals surface area contributed by atoms with Crippen molar-refractivity contribution in [3.8, 4) is 0 Å². The molecule has 0 saturated heterocycles. The molecule has 1 saturated carbocycles. The number of amides is 1. The molecule has 1 aromatic rings. The number of nitrogens with one attached hydrogen (secondary N) is 1. The van der Waals surface area contributed by atoms with E-state index in [1.165, 1.54) is 18.4 Å². The van der Waals surface area contributed by atoms with Gasteiger partial charge in [-0.15, -0.1) is 0 Å². The van der Waals surface area contributed by atoms with Crippen molar-refractivity contribution in [2.75, 3.05) is 0 Å². The van der Waals surface area contributed by atoms with Crippen LogP contribution in [0.4, 0.5) is 0 Å². The van der Waals surface area contributed by atoms with Crippen LogP contribution in [0.1, 0.15) is 56.6 Å². The first-order chi connectivity index (χ1) is 9.15. The van der Waals surface area contributed by atoms with E-state index in [-0.39, 0.29) is 5.91 Å². The Hall–Kier alpha value is -1.57. The molecule has 2 nitrogen and oxygen atoms in total. The zero-order valence-corrected chi connectivity index (χ0v) is 11.9. The van der Waals surface area contributed by atoms with Gasteiger partial charge in [0.1, 0.15) is 0 Å². The normalized spacial score (nSPS) is 16.4. The standard InChI is InChI=1S/C17H23NO/c1-13(2)15-10-7-14(8-11-15)9-12-17(19)18-16-5-3-4-6-16/h7-13,16H,3-6H2,1-2H3,(H,18,19)/b12-9-. The molecule has 1 aromatic carbocycles. The van der Waals surface area contributed by atoms with Crippen LogP contribution in [0.15, 0.2) is 30.3 Å². The summed E-state index contributed by atoms with van der Waals surface area (Å²) < 4.78 is 0. The van der Waals surface area contributed by atoms with Crippen molar-refractivity contribution < 1.29 is 4.79 Å². The van der Waals surface area contributed by atoms with Gasteiger partial charge in [-0.05, 0) is 36.0 Å². The summed E-state index contributed by atoms with van der Waals surface area (Å²) in [6, 6.07) is 8.77. The van der Waals surface area contributed by atoms with Crippen LogP contribution in [0.2, 0.25) is 0 Å². The number of carbonyl (C=O) groups excluding carboxylic acids is 1. The van der Waals surface area contributed by atoms with Crippen LogP contribution in [0.25, 0.3) is 6.08 Å². The number of hydrogen-bond acceptors (Lipinski definition) is 1. The molecule has 0 unspecified atom stereocenters. The maximum absolute atomic E-state index is 11.7. The Morgan fingerprint density at radius 3 is 2.42 bits per heavy atom. The molecule has 0 spiro atoms. The predicted molar refractivity (Wildman–Crippen MR) is 80.0 cm³/mol. The third kappa shape index (κ3) is 4.23. The molecule has 1 N–H and O–H groups in total. The number of carbonyl (C=O) groups is 1. The lowest BCUT2D eigenvalue weighted by Crippen LogP contribution is -2.30. The van der Waals surface area contributed by atoms with E-state index in [9.17, 15) is 4.79 Å². The monoisotopic (exact) mass is 257 g/mol. The Bertz CT molecular complexity index is 439. The molecule has 0 bridgehead atoms. The summed E-state index contributed by atoms with van der Waals surface area (Å²) in [5, 5.41) is 3.05. The van der Waals surface area contributed by atoms with Crippen molar-refractivity contribution in [2.45, 2.75) is 51.5 Å². The van der Waals surface area contributed by atoms with E-state index in [0.29, 0.717) is 12.0 Å². The van der Waals surface area contributed by atoms with Crippen LogP contribution in [0, 0.1) is 0 Å². The zero-order chi connectivity index (χ0) is 13.7. The third-order valence-electron chi connectivity index (χ3n) is 3.73. The van der Waals surface area contributed by atoms with E-state index < -0.39 is 0 Å². The summed E-state index contributed by atoms with van der Waals surface area (Å²) in [5.41, 5.74) is 2.40. The fourth-order valence-corrected chi connectivity index (χ4v) is 2.48. The topological polar surface area (TPSA) is 29.1 Å². The Morgan fingerprint density at radius 1 is 1.21 bits per heavy atom. The third-order valence-corrected chi connectivity index (χ3v) is 3.73. The first kappa shape index (κ1) is 13.9. The zero-order valence-electron chi connectivity index (χ0n) is 11.9. The molecular weight excluding hydrogens is 234 g/mol. The first-order valence-corrected chi connectivity index (χ1v) is 7.23. The van der Waals surface area contributed by atoms with Crippen LogP contribution in [0.5, 0.6) is 0 Å². The molecule has 1 amide bonds. The van der Waals surface area contributed by atoms with Gasteiger partial charge in [0.2, 0.25) is 5.91 Å². The summed E-state index contributed by atoms with van der Waals surface area (Å²) in [6.07, 6.45) is 8.26. The summed E-state index contributed by atoms with van der Waals surface area (Å²) in [6.45, 7) is 4.36. The van der Waals surface area contributed by atoms with Gasteiger partial charge in [0.15, 0.2) is 0 Å². The van der Waals surface area contributed by atoms with Crippen molar-refractivity contribution in [3.05, 3.63) is 41.5 Å². The summed E-state index contributed by atoms with van der Waals surface area (Å²) in [4.78, 5) is 11.7. The quantitative estimate of drug-likeness (QED) is 0.815. The molecule has 1 fully saturated rings. The second-order valence-corrected chi connectivity index (χ2v) is 5.64. The lowest BCUT2D eigenvalue weighted by molar-refractivity contribution is -0.117. The van der Waals surface area contributed by atoms with Crippen LogP contribution < -0.4 is 5.32 Å². The van der Waals surface area contributed by atoms with Crippen molar-refractivity contribution in [1.82, 2.24) is 5.32 Å². The van der Waals surface area contributed by atoms with Gasteiger partial charge in [-0.3, -0.25) is 4.79 Å². The molecule has 0 aliphatic heterocycles. The molecule has 0 heterocycles. The Balaban J connectivity index is 1.88. The van der Waals surface area contributed by atoms with Crippen LogP contribution in [0.3, 0.4) is 0 Å². The Morgan fingerprint density at radius 2 is 1.84 bits per heavy atom. The average molecular weight is 257 g/mol. The van der Waals surface area contributed by atoms with Gasteiger partial charge in [0.05, 0.1) is 0 Å². The average Bonchev–Trinajstić information content (AvgIpc) is 2.89. The van der Waals surface area contributed by atoms with E-state index >= 15 is 0 Å². The molecule has 102 valence electrons. The lowest BCUT2D eigenvalue weighted by atomic mass is 10.0. The largest absolute Gasteiger partial charge is 0.350 e. The minimum atomic E-state index is 0.0276. The Kier molecular flexibility index (Phi) is 4.78. The molecule has 2 rings (SSSR count). The highest BCUT2D eigenvalue weighted by molar-refractivity contribution is 5.91. The highest BCUT2D eigenvalue weighted by atomic mass is 16.1. The second-order valence-electron chi connectivity index (χ2n) is 5.64. The maximum atomic E-state index is 11.7. The van der Waals surface area contributed by atoms with E-state index in [4.69, 9.17) is 0 Å². The van der Waals surface area contributed by atoms with Crippen molar-refractivity contribution in [3.63, 3.8) is 0 Å². The summed E-state index contributed by atoms with van der Waals surface area (Å²) in [7, 11) is 0. The van der Waals surface area contributed by atoms with Crippen molar-refractivity contribution in [1.29, 1.82) is 0 Å². The summed E-state index contributed by atoms with van der Waals surface area (Å²) in [5.74, 6) is 0.573. The first-order valence-electron chi connectivity index (χ1n) is 7.23. The molecule has 0 atom stereocenters. The number of benzene rings is 1. The van der Waals surface area contributed by atoms with Crippen molar-refractivity contribution in [2.24, 2.45) is 0 Å². The molecule has 0 radical (unpaired) electrons. The van der Waals surface area contributed by atoms with E-state index in [0.717, 1.165) is 18.4 Å². The van der Waals surface area contributed by atoms with Crippen LogP contribution in [-0.2, 0) is 4.79 Å². The van der Waals surface area contributed by atoms with Crippen LogP contribution in [-0.4, -0.2) is 11.9 Å². The smallest absolute Gasteiger partial charge is 0.244 e. The molecular formula is C17H23NO. The maximum Gasteiger partial charge on any atom is 0.244 e. The highest BCUT2D eigenvalue weighted by Crippen LogP contribution is 2.18. The molecule has 1 aliphatic rings. The molecule has 0 aromatic heterocycles. The Labute approximate surface area is 115 Å². The highest BCUT2D eigenvalue weighted by Gasteiger charge is 2.15. The van der Waals surface area contributed by atoms with E-state index in [2.05, 4.69) is 43.4 Å². The SMILES string of the molecule is CC(C)c1ccc(/C=C\C(=O)NC2CCCC2)cc1. The lowest BCUT2D eigenvalue weighted by Gasteiger charge is -2.09.